The summed E-state index contributed by atoms with van der Waals surface area (Å²) in [6, 6.07) is 31.3. The van der Waals surface area contributed by atoms with Crippen molar-refractivity contribution in [1.82, 2.24) is 0 Å². The van der Waals surface area contributed by atoms with Gasteiger partial charge in [0.25, 0.3) is 11.8 Å². The van der Waals surface area contributed by atoms with Crippen molar-refractivity contribution < 1.29 is 9.59 Å². The molecular formula is C29H22N2O2. The normalized spacial score (nSPS) is 16.0. The summed E-state index contributed by atoms with van der Waals surface area (Å²) in [5.74, 6) is -0.549. The van der Waals surface area contributed by atoms with Gasteiger partial charge in [-0.2, -0.15) is 0 Å². The van der Waals surface area contributed by atoms with E-state index >= 15 is 0 Å². The number of amides is 2. The van der Waals surface area contributed by atoms with Gasteiger partial charge >= 0.3 is 0 Å². The Morgan fingerprint density at radius 2 is 1.33 bits per heavy atom. The lowest BCUT2D eigenvalue weighted by Gasteiger charge is -2.32. The van der Waals surface area contributed by atoms with Gasteiger partial charge in [0.2, 0.25) is 0 Å². The molecule has 0 unspecified atom stereocenters. The predicted molar refractivity (Wildman–Crippen MR) is 132 cm³/mol. The van der Waals surface area contributed by atoms with Gasteiger partial charge in [-0.05, 0) is 41.5 Å². The highest BCUT2D eigenvalue weighted by Crippen LogP contribution is 2.41. The summed E-state index contributed by atoms with van der Waals surface area (Å²) in [6.45, 7) is 0.699. The maximum atomic E-state index is 14.1. The van der Waals surface area contributed by atoms with E-state index in [0.717, 1.165) is 34.9 Å². The molecular weight excluding hydrogens is 408 g/mol. The van der Waals surface area contributed by atoms with E-state index in [-0.39, 0.29) is 11.8 Å². The average molecular weight is 431 g/mol. The molecule has 4 aromatic rings. The van der Waals surface area contributed by atoms with Gasteiger partial charge in [-0.3, -0.25) is 9.59 Å². The van der Waals surface area contributed by atoms with Crippen molar-refractivity contribution in [2.75, 3.05) is 16.3 Å². The van der Waals surface area contributed by atoms with Gasteiger partial charge in [-0.25, -0.2) is 4.90 Å². The Kier molecular flexibility index (Phi) is 4.58. The van der Waals surface area contributed by atoms with Crippen LogP contribution < -0.4 is 9.80 Å². The second kappa shape index (κ2) is 7.75. The summed E-state index contributed by atoms with van der Waals surface area (Å²) < 4.78 is 0. The minimum atomic E-state index is -0.277. The van der Waals surface area contributed by atoms with Crippen LogP contribution >= 0.6 is 0 Å². The predicted octanol–water partition coefficient (Wildman–Crippen LogP) is 5.58. The number of imide groups is 1. The summed E-state index contributed by atoms with van der Waals surface area (Å²) in [6.07, 6.45) is 1.90. The molecule has 0 saturated heterocycles. The molecule has 0 aliphatic carbocycles. The highest BCUT2D eigenvalue weighted by Gasteiger charge is 2.44. The van der Waals surface area contributed by atoms with E-state index in [2.05, 4.69) is 6.07 Å². The second-order valence-electron chi connectivity index (χ2n) is 8.42. The number of rotatable bonds is 3. The van der Waals surface area contributed by atoms with Gasteiger partial charge < -0.3 is 4.90 Å². The minimum Gasteiger partial charge on any atom is -0.336 e. The molecule has 0 atom stereocenters. The molecule has 0 N–H and O–H groups in total. The van der Waals surface area contributed by atoms with Crippen LogP contribution in [-0.4, -0.2) is 18.4 Å². The fourth-order valence-corrected chi connectivity index (χ4v) is 5.02. The summed E-state index contributed by atoms with van der Waals surface area (Å²) in [5, 5.41) is 1.88. The monoisotopic (exact) mass is 430 g/mol. The van der Waals surface area contributed by atoms with E-state index < -0.39 is 0 Å². The van der Waals surface area contributed by atoms with Crippen molar-refractivity contribution in [3.63, 3.8) is 0 Å². The number of hydrogen-bond donors (Lipinski definition) is 0. The highest BCUT2D eigenvalue weighted by molar-refractivity contribution is 6.47. The maximum Gasteiger partial charge on any atom is 0.282 e. The van der Waals surface area contributed by atoms with E-state index in [9.17, 15) is 9.59 Å². The number of fused-ring (bicyclic) bond motifs is 2. The van der Waals surface area contributed by atoms with E-state index in [1.807, 2.05) is 95.9 Å². The zero-order chi connectivity index (χ0) is 22.4. The van der Waals surface area contributed by atoms with Gasteiger partial charge in [0.1, 0.15) is 5.70 Å². The fraction of sp³-hybridized carbons (Fsp3) is 0.103. The van der Waals surface area contributed by atoms with Crippen LogP contribution in [0.3, 0.4) is 0 Å². The molecule has 160 valence electrons. The summed E-state index contributed by atoms with van der Waals surface area (Å²) in [5.41, 5.74) is 4.52. The molecule has 4 nitrogen and oxygen atoms in total. The highest BCUT2D eigenvalue weighted by atomic mass is 16.2. The summed E-state index contributed by atoms with van der Waals surface area (Å²) in [7, 11) is 0. The van der Waals surface area contributed by atoms with Gasteiger partial charge in [-0.15, -0.1) is 0 Å². The Morgan fingerprint density at radius 1 is 0.636 bits per heavy atom. The van der Waals surface area contributed by atoms with Crippen molar-refractivity contribution in [2.45, 2.75) is 12.8 Å². The first kappa shape index (κ1) is 19.5. The zero-order valence-corrected chi connectivity index (χ0v) is 18.1. The van der Waals surface area contributed by atoms with Gasteiger partial charge in [0.05, 0.1) is 11.3 Å². The molecule has 0 spiro atoms. The van der Waals surface area contributed by atoms with E-state index in [1.165, 1.54) is 10.5 Å². The SMILES string of the molecule is O=C1C(c2ccccc2)=C(N2CCCc3ccccc32)C(=O)N1c1cccc2ccccc12. The van der Waals surface area contributed by atoms with E-state index in [1.54, 1.807) is 0 Å². The second-order valence-corrected chi connectivity index (χ2v) is 8.42. The van der Waals surface area contributed by atoms with Gasteiger partial charge in [-0.1, -0.05) is 84.9 Å². The maximum absolute atomic E-state index is 14.1. The van der Waals surface area contributed by atoms with Crippen molar-refractivity contribution in [3.05, 3.63) is 114 Å². The van der Waals surface area contributed by atoms with Crippen molar-refractivity contribution in [1.29, 1.82) is 0 Å². The lowest BCUT2D eigenvalue weighted by atomic mass is 9.98. The Morgan fingerprint density at radius 3 is 2.21 bits per heavy atom. The molecule has 2 aliphatic heterocycles. The van der Waals surface area contributed by atoms with Crippen molar-refractivity contribution in [3.8, 4) is 0 Å². The number of anilines is 2. The third-order valence-corrected chi connectivity index (χ3v) is 6.51. The first-order valence-electron chi connectivity index (χ1n) is 11.3. The first-order valence-corrected chi connectivity index (χ1v) is 11.3. The number of para-hydroxylation sites is 1. The quantitative estimate of drug-likeness (QED) is 0.399. The van der Waals surface area contributed by atoms with E-state index in [0.29, 0.717) is 23.5 Å². The number of aryl methyl sites for hydroxylation is 1. The fourth-order valence-electron chi connectivity index (χ4n) is 5.02. The van der Waals surface area contributed by atoms with Gasteiger partial charge in [0.15, 0.2) is 0 Å². The number of carbonyl (C=O) groups excluding carboxylic acids is 2. The van der Waals surface area contributed by atoms with Crippen LogP contribution in [0, 0.1) is 0 Å². The molecule has 33 heavy (non-hydrogen) atoms. The minimum absolute atomic E-state index is 0.271. The third kappa shape index (κ3) is 3.06. The van der Waals surface area contributed by atoms with E-state index in [4.69, 9.17) is 0 Å². The number of nitrogens with zero attached hydrogens (tertiary/aromatic N) is 2. The number of benzene rings is 4. The molecule has 4 heteroatoms. The van der Waals surface area contributed by atoms with Crippen molar-refractivity contribution in [2.24, 2.45) is 0 Å². The smallest absolute Gasteiger partial charge is 0.282 e. The molecule has 2 heterocycles. The van der Waals surface area contributed by atoms with Crippen LogP contribution in [0.25, 0.3) is 16.3 Å². The Bertz CT molecular complexity index is 1430. The Balaban J connectivity index is 1.57. The topological polar surface area (TPSA) is 40.6 Å². The summed E-state index contributed by atoms with van der Waals surface area (Å²) in [4.78, 5) is 31.4. The van der Waals surface area contributed by atoms with Crippen LogP contribution in [0.5, 0.6) is 0 Å². The molecule has 4 aromatic carbocycles. The molecule has 2 amide bonds. The average Bonchev–Trinajstić information content (AvgIpc) is 3.13. The molecule has 0 aromatic heterocycles. The Hall–Kier alpha value is -4.18. The van der Waals surface area contributed by atoms with Crippen LogP contribution in [-0.2, 0) is 16.0 Å². The zero-order valence-electron chi connectivity index (χ0n) is 18.1. The molecule has 0 radical (unpaired) electrons. The molecule has 0 fully saturated rings. The lowest BCUT2D eigenvalue weighted by Crippen LogP contribution is -2.37. The third-order valence-electron chi connectivity index (χ3n) is 6.51. The first-order chi connectivity index (χ1) is 16.2. The molecule has 6 rings (SSSR count). The standard InChI is InChI=1S/C29H22N2O2/c32-28-26(22-12-2-1-3-13-22)27(30-19-9-15-21-11-5-7-17-24(21)30)29(33)31(28)25-18-8-14-20-10-4-6-16-23(20)25/h1-8,10-14,16-18H,9,15,19H2. The van der Waals surface area contributed by atoms with Crippen LogP contribution in [0.4, 0.5) is 11.4 Å². The number of hydrogen-bond acceptors (Lipinski definition) is 3. The Labute approximate surface area is 192 Å². The summed E-state index contributed by atoms with van der Waals surface area (Å²) >= 11 is 0. The molecule has 0 saturated carbocycles. The molecule has 0 bridgehead atoms. The number of carbonyl (C=O) groups is 2. The van der Waals surface area contributed by atoms with Crippen LogP contribution in [0.15, 0.2) is 103 Å². The lowest BCUT2D eigenvalue weighted by molar-refractivity contribution is -0.120. The largest absolute Gasteiger partial charge is 0.336 e. The van der Waals surface area contributed by atoms with Crippen LogP contribution in [0.2, 0.25) is 0 Å². The van der Waals surface area contributed by atoms with Crippen LogP contribution in [0.1, 0.15) is 17.5 Å². The van der Waals surface area contributed by atoms with Gasteiger partial charge in [0, 0.05) is 17.6 Å². The van der Waals surface area contributed by atoms with Crippen molar-refractivity contribution >= 4 is 39.5 Å². The molecule has 2 aliphatic rings.